The lowest BCUT2D eigenvalue weighted by molar-refractivity contribution is -0.136. The first kappa shape index (κ1) is 19.2. The van der Waals surface area contributed by atoms with E-state index in [9.17, 15) is 19.5 Å². The second-order valence-electron chi connectivity index (χ2n) is 5.96. The quantitative estimate of drug-likeness (QED) is 0.525. The Morgan fingerprint density at radius 3 is 2.42 bits per heavy atom. The summed E-state index contributed by atoms with van der Waals surface area (Å²) in [6, 6.07) is 9.29. The van der Waals surface area contributed by atoms with E-state index in [1.165, 1.54) is 44.6 Å². The van der Waals surface area contributed by atoms with E-state index in [2.05, 4.69) is 15.4 Å². The third-order valence-electron chi connectivity index (χ3n) is 3.54. The molecule has 0 radical (unpaired) electrons. The Bertz CT molecular complexity index is 765. The number of anilines is 1. The zero-order valence-electron chi connectivity index (χ0n) is 14.4. The zero-order chi connectivity index (χ0) is 19.2. The molecule has 1 atom stereocenters. The zero-order valence-corrected chi connectivity index (χ0v) is 14.4. The highest BCUT2D eigenvalue weighted by Gasteiger charge is 2.25. The highest BCUT2D eigenvalue weighted by atomic mass is 16.5. The largest absolute Gasteiger partial charge is 0.469 e. The molecule has 0 aliphatic carbocycles. The Labute approximate surface area is 150 Å². The molecule has 0 aliphatic rings. The van der Waals surface area contributed by atoms with Crippen molar-refractivity contribution in [1.29, 1.82) is 0 Å². The minimum absolute atomic E-state index is 0.124. The molecular weight excluding hydrogens is 340 g/mol. The van der Waals surface area contributed by atoms with Crippen molar-refractivity contribution in [3.8, 4) is 0 Å². The molecule has 1 aromatic heterocycles. The number of esters is 1. The topological polar surface area (TPSA) is 118 Å². The van der Waals surface area contributed by atoms with Gasteiger partial charge in [0, 0.05) is 18.7 Å². The van der Waals surface area contributed by atoms with Crippen LogP contribution in [0.3, 0.4) is 0 Å². The Balaban J connectivity index is 1.85. The SMILES string of the molecule is COC(=O)c1ccc(NC(=O)C(=O)NC[C@@](C)(O)Cc2ccco2)cc1. The van der Waals surface area contributed by atoms with Gasteiger partial charge < -0.3 is 24.9 Å². The van der Waals surface area contributed by atoms with Gasteiger partial charge in [-0.05, 0) is 43.3 Å². The third-order valence-corrected chi connectivity index (χ3v) is 3.54. The van der Waals surface area contributed by atoms with Gasteiger partial charge in [0.15, 0.2) is 0 Å². The van der Waals surface area contributed by atoms with E-state index in [-0.39, 0.29) is 13.0 Å². The van der Waals surface area contributed by atoms with Crippen molar-refractivity contribution in [1.82, 2.24) is 5.32 Å². The van der Waals surface area contributed by atoms with Crippen LogP contribution in [0.15, 0.2) is 47.1 Å². The highest BCUT2D eigenvalue weighted by Crippen LogP contribution is 2.13. The van der Waals surface area contributed by atoms with E-state index in [4.69, 9.17) is 4.42 Å². The molecule has 8 heteroatoms. The number of benzene rings is 1. The second-order valence-corrected chi connectivity index (χ2v) is 5.96. The summed E-state index contributed by atoms with van der Waals surface area (Å²) in [4.78, 5) is 35.1. The minimum Gasteiger partial charge on any atom is -0.469 e. The molecule has 0 spiro atoms. The Kier molecular flexibility index (Phi) is 6.13. The maximum absolute atomic E-state index is 11.9. The fourth-order valence-corrected chi connectivity index (χ4v) is 2.20. The van der Waals surface area contributed by atoms with Crippen molar-refractivity contribution in [2.24, 2.45) is 0 Å². The summed E-state index contributed by atoms with van der Waals surface area (Å²) in [6.45, 7) is 1.40. The van der Waals surface area contributed by atoms with Gasteiger partial charge in [-0.1, -0.05) is 0 Å². The van der Waals surface area contributed by atoms with Crippen LogP contribution in [-0.4, -0.2) is 42.1 Å². The number of nitrogens with one attached hydrogen (secondary N) is 2. The molecule has 2 aromatic rings. The van der Waals surface area contributed by atoms with Crippen molar-refractivity contribution in [3.05, 3.63) is 54.0 Å². The molecule has 0 fully saturated rings. The van der Waals surface area contributed by atoms with Gasteiger partial charge in [-0.15, -0.1) is 0 Å². The number of carbonyl (C=O) groups excluding carboxylic acids is 3. The maximum atomic E-state index is 11.9. The van der Waals surface area contributed by atoms with E-state index in [0.717, 1.165) is 0 Å². The molecule has 0 saturated heterocycles. The third kappa shape index (κ3) is 5.45. The van der Waals surface area contributed by atoms with Crippen molar-refractivity contribution in [3.63, 3.8) is 0 Å². The lowest BCUT2D eigenvalue weighted by Crippen LogP contribution is -2.45. The fraction of sp³-hybridized carbons (Fsp3) is 0.278. The summed E-state index contributed by atoms with van der Waals surface area (Å²) in [5, 5.41) is 15.0. The summed E-state index contributed by atoms with van der Waals surface area (Å²) < 4.78 is 9.73. The number of hydrogen-bond acceptors (Lipinski definition) is 6. The lowest BCUT2D eigenvalue weighted by Gasteiger charge is -2.22. The highest BCUT2D eigenvalue weighted by molar-refractivity contribution is 6.39. The van der Waals surface area contributed by atoms with Crippen molar-refractivity contribution in [2.75, 3.05) is 19.0 Å². The van der Waals surface area contributed by atoms with Crippen LogP contribution in [0.5, 0.6) is 0 Å². The number of hydrogen-bond donors (Lipinski definition) is 3. The molecule has 0 saturated carbocycles. The summed E-state index contributed by atoms with van der Waals surface area (Å²) in [5.74, 6) is -1.70. The van der Waals surface area contributed by atoms with Crippen molar-refractivity contribution in [2.45, 2.75) is 18.9 Å². The van der Waals surface area contributed by atoms with E-state index in [0.29, 0.717) is 17.0 Å². The first-order chi connectivity index (χ1) is 12.3. The van der Waals surface area contributed by atoms with Gasteiger partial charge in [0.2, 0.25) is 0 Å². The minimum atomic E-state index is -1.27. The van der Waals surface area contributed by atoms with Crippen LogP contribution in [0.1, 0.15) is 23.0 Å². The number of amides is 2. The summed E-state index contributed by atoms with van der Waals surface area (Å²) in [7, 11) is 1.27. The van der Waals surface area contributed by atoms with Crippen LogP contribution < -0.4 is 10.6 Å². The van der Waals surface area contributed by atoms with Crippen LogP contribution in [0.25, 0.3) is 0 Å². The summed E-state index contributed by atoms with van der Waals surface area (Å²) in [5.41, 5.74) is -0.597. The smallest absolute Gasteiger partial charge is 0.337 e. The van der Waals surface area contributed by atoms with Gasteiger partial charge in [-0.3, -0.25) is 9.59 Å². The van der Waals surface area contributed by atoms with Crippen LogP contribution >= 0.6 is 0 Å². The Morgan fingerprint density at radius 1 is 1.15 bits per heavy atom. The first-order valence-corrected chi connectivity index (χ1v) is 7.83. The van der Waals surface area contributed by atoms with Gasteiger partial charge in [-0.2, -0.15) is 0 Å². The predicted octanol–water partition coefficient (Wildman–Crippen LogP) is 1.11. The maximum Gasteiger partial charge on any atom is 0.337 e. The van der Waals surface area contributed by atoms with Crippen LogP contribution in [0.2, 0.25) is 0 Å². The Hall–Kier alpha value is -3.13. The summed E-state index contributed by atoms with van der Waals surface area (Å²) >= 11 is 0. The monoisotopic (exact) mass is 360 g/mol. The lowest BCUT2D eigenvalue weighted by atomic mass is 10.0. The molecule has 3 N–H and O–H groups in total. The normalized spacial score (nSPS) is 12.7. The number of rotatable bonds is 6. The molecule has 0 unspecified atom stereocenters. The van der Waals surface area contributed by atoms with Crippen molar-refractivity contribution >= 4 is 23.5 Å². The number of carbonyl (C=O) groups is 3. The van der Waals surface area contributed by atoms with Crippen molar-refractivity contribution < 1.29 is 28.6 Å². The molecule has 1 heterocycles. The van der Waals surface area contributed by atoms with Crippen LogP contribution in [0, 0.1) is 0 Å². The number of methoxy groups -OCH3 is 1. The Morgan fingerprint density at radius 2 is 1.85 bits per heavy atom. The molecular formula is C18H20N2O6. The van der Waals surface area contributed by atoms with Gasteiger partial charge >= 0.3 is 17.8 Å². The molecule has 8 nitrogen and oxygen atoms in total. The molecule has 26 heavy (non-hydrogen) atoms. The number of ether oxygens (including phenoxy) is 1. The molecule has 0 bridgehead atoms. The van der Waals surface area contributed by atoms with E-state index in [1.54, 1.807) is 12.1 Å². The van der Waals surface area contributed by atoms with Gasteiger partial charge in [0.1, 0.15) is 5.76 Å². The number of furan rings is 1. The predicted molar refractivity (Wildman–Crippen MR) is 92.5 cm³/mol. The van der Waals surface area contributed by atoms with Gasteiger partial charge in [0.25, 0.3) is 0 Å². The molecule has 2 amide bonds. The average molecular weight is 360 g/mol. The standard InChI is InChI=1S/C18H20N2O6/c1-18(24,10-14-4-3-9-26-14)11-19-15(21)16(22)20-13-7-5-12(6-8-13)17(23)25-2/h3-9,24H,10-11H2,1-2H3,(H,19,21)(H,20,22)/t18-/m0/s1. The average Bonchev–Trinajstić information content (AvgIpc) is 3.11. The molecule has 1 aromatic carbocycles. The summed E-state index contributed by atoms with van der Waals surface area (Å²) in [6.07, 6.45) is 1.68. The van der Waals surface area contributed by atoms with Gasteiger partial charge in [-0.25, -0.2) is 4.79 Å². The molecule has 0 aliphatic heterocycles. The first-order valence-electron chi connectivity index (χ1n) is 7.83. The van der Waals surface area contributed by atoms with E-state index >= 15 is 0 Å². The molecule has 138 valence electrons. The second kappa shape index (κ2) is 8.30. The molecule has 2 rings (SSSR count). The van der Waals surface area contributed by atoms with Gasteiger partial charge in [0.05, 0.1) is 24.5 Å². The fourth-order valence-electron chi connectivity index (χ4n) is 2.20. The van der Waals surface area contributed by atoms with Crippen LogP contribution in [0.4, 0.5) is 5.69 Å². The van der Waals surface area contributed by atoms with Crippen LogP contribution in [-0.2, 0) is 20.7 Å². The van der Waals surface area contributed by atoms with E-state index < -0.39 is 23.4 Å². The van der Waals surface area contributed by atoms with E-state index in [1.807, 2.05) is 0 Å². The number of aliphatic hydroxyl groups is 1.